The second-order valence-corrected chi connectivity index (χ2v) is 3.96. The lowest BCUT2D eigenvalue weighted by molar-refractivity contribution is 0.783. The van der Waals surface area contributed by atoms with Crippen molar-refractivity contribution in [1.29, 1.82) is 0 Å². The predicted octanol–water partition coefficient (Wildman–Crippen LogP) is 2.82. The molecule has 0 fully saturated rings. The minimum absolute atomic E-state index is 1.06. The Hall–Kier alpha value is -0.580. The monoisotopic (exact) mass is 286 g/mol. The number of halogens is 1. The van der Waals surface area contributed by atoms with Gasteiger partial charge in [-0.15, -0.1) is 0 Å². The van der Waals surface area contributed by atoms with Crippen molar-refractivity contribution in [3.63, 3.8) is 0 Å². The number of hydrogen-bond acceptors (Lipinski definition) is 1. The van der Waals surface area contributed by atoms with Crippen molar-refractivity contribution >= 4 is 33.5 Å². The van der Waals surface area contributed by atoms with Crippen molar-refractivity contribution < 1.29 is 0 Å². The minimum Gasteiger partial charge on any atom is -0.268 e. The van der Waals surface area contributed by atoms with Crippen LogP contribution in [0.5, 0.6) is 0 Å². The Morgan fingerprint density at radius 3 is 2.92 bits per heavy atom. The Labute approximate surface area is 91.1 Å². The number of rotatable bonds is 1. The van der Waals surface area contributed by atoms with Gasteiger partial charge in [-0.25, -0.2) is 0 Å². The van der Waals surface area contributed by atoms with Crippen LogP contribution >= 0.6 is 22.6 Å². The fourth-order valence-corrected chi connectivity index (χ4v) is 2.05. The first-order valence-electron chi connectivity index (χ1n) is 4.20. The number of alkyl halides is 1. The van der Waals surface area contributed by atoms with Gasteiger partial charge >= 0.3 is 0 Å². The van der Waals surface area contributed by atoms with Crippen molar-refractivity contribution in [2.24, 2.45) is 7.05 Å². The van der Waals surface area contributed by atoms with E-state index in [1.807, 2.05) is 11.7 Å². The summed E-state index contributed by atoms with van der Waals surface area (Å²) in [6.45, 7) is 2.05. The van der Waals surface area contributed by atoms with Crippen LogP contribution in [0.3, 0.4) is 0 Å². The van der Waals surface area contributed by atoms with Crippen LogP contribution in [0, 0.1) is 6.92 Å². The molecule has 2 nitrogen and oxygen atoms in total. The van der Waals surface area contributed by atoms with Gasteiger partial charge in [0.2, 0.25) is 0 Å². The predicted molar refractivity (Wildman–Crippen MR) is 63.2 cm³/mol. The zero-order valence-electron chi connectivity index (χ0n) is 7.71. The quantitative estimate of drug-likeness (QED) is 0.582. The molecule has 0 atom stereocenters. The number of nitrogens with zero attached hydrogens (tertiary/aromatic N) is 2. The van der Waals surface area contributed by atoms with Gasteiger partial charge in [0, 0.05) is 16.9 Å². The third kappa shape index (κ3) is 1.45. The Bertz CT molecular complexity index is 445. The molecule has 0 saturated carbocycles. The van der Waals surface area contributed by atoms with Gasteiger partial charge in [-0.3, -0.25) is 4.68 Å². The average molecular weight is 286 g/mol. The van der Waals surface area contributed by atoms with Crippen molar-refractivity contribution in [3.05, 3.63) is 29.5 Å². The first-order chi connectivity index (χ1) is 6.22. The molecule has 0 aliphatic heterocycles. The van der Waals surface area contributed by atoms with Gasteiger partial charge in [-0.2, -0.15) is 5.10 Å². The zero-order valence-corrected chi connectivity index (χ0v) is 9.87. The van der Waals surface area contributed by atoms with Crippen molar-refractivity contribution in [3.8, 4) is 0 Å². The lowest BCUT2D eigenvalue weighted by Crippen LogP contribution is -1.89. The first-order valence-corrected chi connectivity index (χ1v) is 5.73. The third-order valence-electron chi connectivity index (χ3n) is 2.25. The molecule has 0 radical (unpaired) electrons. The van der Waals surface area contributed by atoms with E-state index in [-0.39, 0.29) is 0 Å². The molecule has 68 valence electrons. The molecule has 0 spiro atoms. The van der Waals surface area contributed by atoms with Crippen LogP contribution in [0.25, 0.3) is 10.9 Å². The third-order valence-corrected chi connectivity index (χ3v) is 3.13. The van der Waals surface area contributed by atoms with Crippen LogP contribution < -0.4 is 0 Å². The highest BCUT2D eigenvalue weighted by Crippen LogP contribution is 2.20. The molecular weight excluding hydrogens is 275 g/mol. The molecule has 0 N–H and O–H groups in total. The molecule has 1 aromatic heterocycles. The van der Waals surface area contributed by atoms with E-state index in [1.165, 1.54) is 16.5 Å². The fourth-order valence-electron chi connectivity index (χ4n) is 1.57. The molecule has 0 saturated heterocycles. The summed E-state index contributed by atoms with van der Waals surface area (Å²) in [4.78, 5) is 0. The summed E-state index contributed by atoms with van der Waals surface area (Å²) in [6, 6.07) is 6.53. The van der Waals surface area contributed by atoms with Gasteiger partial charge in [0.15, 0.2) is 0 Å². The Morgan fingerprint density at radius 2 is 2.23 bits per heavy atom. The van der Waals surface area contributed by atoms with Crippen LogP contribution in [0.4, 0.5) is 0 Å². The lowest BCUT2D eigenvalue weighted by atomic mass is 10.1. The van der Waals surface area contributed by atoms with E-state index in [4.69, 9.17) is 0 Å². The van der Waals surface area contributed by atoms with Gasteiger partial charge in [-0.05, 0) is 24.6 Å². The van der Waals surface area contributed by atoms with E-state index < -0.39 is 0 Å². The van der Waals surface area contributed by atoms with Gasteiger partial charge in [0.1, 0.15) is 0 Å². The molecule has 0 aliphatic rings. The summed E-state index contributed by atoms with van der Waals surface area (Å²) < 4.78 is 2.99. The van der Waals surface area contributed by atoms with E-state index in [0.29, 0.717) is 0 Å². The molecule has 0 amide bonds. The van der Waals surface area contributed by atoms with Gasteiger partial charge in [0.25, 0.3) is 0 Å². The number of fused-ring (bicyclic) bond motifs is 1. The number of aryl methyl sites for hydroxylation is 2. The van der Waals surface area contributed by atoms with E-state index >= 15 is 0 Å². The average Bonchev–Trinajstić information content (AvgIpc) is 2.42. The second kappa shape index (κ2) is 3.29. The molecule has 0 bridgehead atoms. The fraction of sp³-hybridized carbons (Fsp3) is 0.300. The Kier molecular flexibility index (Phi) is 2.27. The summed E-state index contributed by atoms with van der Waals surface area (Å²) in [5.41, 5.74) is 3.69. The smallest absolute Gasteiger partial charge is 0.0682 e. The highest BCUT2D eigenvalue weighted by Gasteiger charge is 2.04. The molecule has 13 heavy (non-hydrogen) atoms. The van der Waals surface area contributed by atoms with Crippen LogP contribution in [-0.2, 0) is 11.5 Å². The normalized spacial score (nSPS) is 11.0. The number of benzene rings is 1. The van der Waals surface area contributed by atoms with Gasteiger partial charge < -0.3 is 0 Å². The maximum atomic E-state index is 4.38. The molecular formula is C10H11IN2. The Morgan fingerprint density at radius 1 is 1.46 bits per heavy atom. The zero-order chi connectivity index (χ0) is 9.42. The molecule has 0 unspecified atom stereocenters. The molecule has 1 aromatic carbocycles. The summed E-state index contributed by atoms with van der Waals surface area (Å²) in [5, 5.41) is 5.65. The topological polar surface area (TPSA) is 17.8 Å². The minimum atomic E-state index is 1.06. The first kappa shape index (κ1) is 8.99. The highest BCUT2D eigenvalue weighted by atomic mass is 127. The summed E-state index contributed by atoms with van der Waals surface area (Å²) >= 11 is 2.38. The largest absolute Gasteiger partial charge is 0.268 e. The second-order valence-electron chi connectivity index (χ2n) is 3.19. The van der Waals surface area contributed by atoms with Crippen molar-refractivity contribution in [2.45, 2.75) is 11.4 Å². The maximum absolute atomic E-state index is 4.38. The highest BCUT2D eigenvalue weighted by molar-refractivity contribution is 14.1. The molecule has 0 aliphatic carbocycles. The molecule has 2 rings (SSSR count). The van der Waals surface area contributed by atoms with Gasteiger partial charge in [0.05, 0.1) is 11.2 Å². The maximum Gasteiger partial charge on any atom is 0.0682 e. The van der Waals surface area contributed by atoms with Crippen molar-refractivity contribution in [1.82, 2.24) is 9.78 Å². The number of aromatic nitrogens is 2. The summed E-state index contributed by atoms with van der Waals surface area (Å²) in [6.07, 6.45) is 0. The summed E-state index contributed by atoms with van der Waals surface area (Å²) in [7, 11) is 1.99. The SMILES string of the molecule is Cc1nn(C)c2ccc(CI)cc12. The van der Waals surface area contributed by atoms with E-state index in [9.17, 15) is 0 Å². The number of hydrogen-bond donors (Lipinski definition) is 0. The van der Waals surface area contributed by atoms with Crippen LogP contribution in [0.15, 0.2) is 18.2 Å². The van der Waals surface area contributed by atoms with Crippen LogP contribution in [-0.4, -0.2) is 9.78 Å². The van der Waals surface area contributed by atoms with E-state index in [2.05, 4.69) is 52.8 Å². The lowest BCUT2D eigenvalue weighted by Gasteiger charge is -1.96. The summed E-state index contributed by atoms with van der Waals surface area (Å²) in [5.74, 6) is 0. The molecule has 2 aromatic rings. The van der Waals surface area contributed by atoms with Crippen LogP contribution in [0.1, 0.15) is 11.3 Å². The van der Waals surface area contributed by atoms with Crippen molar-refractivity contribution in [2.75, 3.05) is 0 Å². The Balaban J connectivity index is 2.76. The van der Waals surface area contributed by atoms with E-state index in [1.54, 1.807) is 0 Å². The van der Waals surface area contributed by atoms with Gasteiger partial charge in [-0.1, -0.05) is 28.7 Å². The standard InChI is InChI=1S/C10H11IN2/c1-7-9-5-8(6-11)3-4-10(9)13(2)12-7/h3-5H,6H2,1-2H3. The van der Waals surface area contributed by atoms with Crippen LogP contribution in [0.2, 0.25) is 0 Å². The molecule has 1 heterocycles. The van der Waals surface area contributed by atoms with E-state index in [0.717, 1.165) is 10.1 Å². The molecule has 3 heteroatoms.